The van der Waals surface area contributed by atoms with E-state index in [1.165, 1.54) is 16.4 Å². The summed E-state index contributed by atoms with van der Waals surface area (Å²) in [5.74, 6) is 1.74. The SMILES string of the molecule is CC(C)n1ncnc1-c1nsc2c1-c1ccccc1OCC2. The maximum absolute atomic E-state index is 5.88. The average molecular weight is 312 g/mol. The van der Waals surface area contributed by atoms with Crippen molar-refractivity contribution in [2.24, 2.45) is 0 Å². The standard InChI is InChI=1S/C16H16N4OS/c1-10(2)20-16(17-9-18-20)15-14-11-5-3-4-6-12(11)21-8-7-13(14)22-19-15/h3-6,9-10H,7-8H2,1-2H3. The Kier molecular flexibility index (Phi) is 3.18. The van der Waals surface area contributed by atoms with Crippen LogP contribution < -0.4 is 4.74 Å². The molecule has 1 aromatic carbocycles. The van der Waals surface area contributed by atoms with Crippen molar-refractivity contribution < 1.29 is 4.74 Å². The number of rotatable bonds is 2. The van der Waals surface area contributed by atoms with Gasteiger partial charge >= 0.3 is 0 Å². The Morgan fingerprint density at radius 3 is 3.00 bits per heavy atom. The van der Waals surface area contributed by atoms with Gasteiger partial charge in [0.1, 0.15) is 17.8 Å². The molecule has 4 rings (SSSR count). The molecule has 0 saturated carbocycles. The summed E-state index contributed by atoms with van der Waals surface area (Å²) < 4.78 is 12.5. The van der Waals surface area contributed by atoms with Crippen molar-refractivity contribution >= 4 is 11.5 Å². The van der Waals surface area contributed by atoms with E-state index in [1.807, 2.05) is 22.9 Å². The predicted octanol–water partition coefficient (Wildman–Crippen LogP) is 3.58. The van der Waals surface area contributed by atoms with E-state index in [9.17, 15) is 0 Å². The molecule has 0 spiro atoms. The van der Waals surface area contributed by atoms with Gasteiger partial charge in [0.15, 0.2) is 5.82 Å². The molecule has 112 valence electrons. The number of nitrogens with zero attached hydrogens (tertiary/aromatic N) is 4. The Morgan fingerprint density at radius 2 is 2.14 bits per heavy atom. The molecule has 0 atom stereocenters. The first-order chi connectivity index (χ1) is 10.8. The maximum Gasteiger partial charge on any atom is 0.178 e. The largest absolute Gasteiger partial charge is 0.493 e. The van der Waals surface area contributed by atoms with Gasteiger partial charge in [-0.1, -0.05) is 18.2 Å². The molecule has 5 nitrogen and oxygen atoms in total. The number of aromatic nitrogens is 4. The topological polar surface area (TPSA) is 52.8 Å². The molecule has 3 heterocycles. The van der Waals surface area contributed by atoms with E-state index in [1.54, 1.807) is 6.33 Å². The molecule has 0 saturated heterocycles. The Hall–Kier alpha value is -2.21. The van der Waals surface area contributed by atoms with Gasteiger partial charge in [0.05, 0.1) is 6.61 Å². The lowest BCUT2D eigenvalue weighted by Crippen LogP contribution is -2.05. The van der Waals surface area contributed by atoms with E-state index in [4.69, 9.17) is 4.74 Å². The summed E-state index contributed by atoms with van der Waals surface area (Å²) in [6, 6.07) is 8.38. The smallest absolute Gasteiger partial charge is 0.178 e. The molecule has 2 aromatic heterocycles. The first-order valence-electron chi connectivity index (χ1n) is 7.36. The first kappa shape index (κ1) is 13.5. The van der Waals surface area contributed by atoms with Gasteiger partial charge in [-0.15, -0.1) is 0 Å². The van der Waals surface area contributed by atoms with Crippen molar-refractivity contribution in [2.45, 2.75) is 26.3 Å². The zero-order valence-electron chi connectivity index (χ0n) is 12.5. The van der Waals surface area contributed by atoms with Crippen molar-refractivity contribution in [1.82, 2.24) is 19.1 Å². The lowest BCUT2D eigenvalue weighted by atomic mass is 10.0. The van der Waals surface area contributed by atoms with Gasteiger partial charge in [0.2, 0.25) is 0 Å². The van der Waals surface area contributed by atoms with Gasteiger partial charge < -0.3 is 4.74 Å². The molecule has 0 aliphatic carbocycles. The Morgan fingerprint density at radius 1 is 1.27 bits per heavy atom. The van der Waals surface area contributed by atoms with Crippen LogP contribution in [-0.4, -0.2) is 25.7 Å². The molecule has 0 unspecified atom stereocenters. The predicted molar refractivity (Wildman–Crippen MR) is 86.2 cm³/mol. The number of benzene rings is 1. The second-order valence-corrected chi connectivity index (χ2v) is 6.40. The second-order valence-electron chi connectivity index (χ2n) is 5.55. The molecular formula is C16H16N4OS. The quantitative estimate of drug-likeness (QED) is 0.725. The summed E-state index contributed by atoms with van der Waals surface area (Å²) in [5, 5.41) is 4.34. The summed E-state index contributed by atoms with van der Waals surface area (Å²) in [4.78, 5) is 5.70. The summed E-state index contributed by atoms with van der Waals surface area (Å²) >= 11 is 1.54. The van der Waals surface area contributed by atoms with Crippen LogP contribution >= 0.6 is 11.5 Å². The third kappa shape index (κ3) is 2.02. The van der Waals surface area contributed by atoms with Crippen LogP contribution in [0.2, 0.25) is 0 Å². The fraction of sp³-hybridized carbons (Fsp3) is 0.312. The van der Waals surface area contributed by atoms with Gasteiger partial charge in [0, 0.05) is 28.5 Å². The van der Waals surface area contributed by atoms with Gasteiger partial charge in [-0.2, -0.15) is 9.47 Å². The summed E-state index contributed by atoms with van der Waals surface area (Å²) in [5.41, 5.74) is 3.15. The minimum Gasteiger partial charge on any atom is -0.493 e. The third-order valence-corrected chi connectivity index (χ3v) is 4.68. The van der Waals surface area contributed by atoms with Crippen LogP contribution in [0.15, 0.2) is 30.6 Å². The number of fused-ring (bicyclic) bond motifs is 3. The number of ether oxygens (including phenoxy) is 1. The highest BCUT2D eigenvalue weighted by Crippen LogP contribution is 2.42. The Balaban J connectivity index is 1.96. The monoisotopic (exact) mass is 312 g/mol. The van der Waals surface area contributed by atoms with E-state index in [2.05, 4.69) is 34.4 Å². The molecule has 1 aliphatic rings. The maximum atomic E-state index is 5.88. The van der Waals surface area contributed by atoms with Crippen LogP contribution in [0, 0.1) is 0 Å². The van der Waals surface area contributed by atoms with Crippen LogP contribution in [0.3, 0.4) is 0 Å². The van der Waals surface area contributed by atoms with Crippen LogP contribution in [0.25, 0.3) is 22.6 Å². The van der Waals surface area contributed by atoms with Crippen molar-refractivity contribution in [3.63, 3.8) is 0 Å². The van der Waals surface area contributed by atoms with Crippen molar-refractivity contribution in [3.8, 4) is 28.4 Å². The molecule has 0 bridgehead atoms. The van der Waals surface area contributed by atoms with E-state index in [-0.39, 0.29) is 6.04 Å². The van der Waals surface area contributed by atoms with E-state index >= 15 is 0 Å². The highest BCUT2D eigenvalue weighted by atomic mass is 32.1. The molecular weight excluding hydrogens is 296 g/mol. The molecule has 6 heteroatoms. The number of hydrogen-bond acceptors (Lipinski definition) is 5. The van der Waals surface area contributed by atoms with E-state index < -0.39 is 0 Å². The zero-order chi connectivity index (χ0) is 15.1. The van der Waals surface area contributed by atoms with Crippen molar-refractivity contribution in [2.75, 3.05) is 6.61 Å². The van der Waals surface area contributed by atoms with Gasteiger partial charge in [0.25, 0.3) is 0 Å². The molecule has 0 N–H and O–H groups in total. The number of hydrogen-bond donors (Lipinski definition) is 0. The van der Waals surface area contributed by atoms with Crippen LogP contribution in [0.4, 0.5) is 0 Å². The lowest BCUT2D eigenvalue weighted by molar-refractivity contribution is 0.327. The number of para-hydroxylation sites is 1. The molecule has 0 amide bonds. The fourth-order valence-corrected chi connectivity index (χ4v) is 3.62. The Bertz CT molecular complexity index is 821. The summed E-state index contributed by atoms with van der Waals surface area (Å²) in [6.45, 7) is 4.88. The van der Waals surface area contributed by atoms with E-state index in [0.717, 1.165) is 34.8 Å². The fourth-order valence-electron chi connectivity index (χ4n) is 2.78. The van der Waals surface area contributed by atoms with Gasteiger partial charge in [-0.3, -0.25) is 0 Å². The third-order valence-electron chi connectivity index (χ3n) is 3.78. The van der Waals surface area contributed by atoms with E-state index in [0.29, 0.717) is 6.61 Å². The normalized spacial score (nSPS) is 13.4. The van der Waals surface area contributed by atoms with Gasteiger partial charge in [-0.25, -0.2) is 9.67 Å². The van der Waals surface area contributed by atoms with Crippen LogP contribution in [-0.2, 0) is 6.42 Å². The summed E-state index contributed by atoms with van der Waals surface area (Å²) in [7, 11) is 0. The average Bonchev–Trinajstić information content (AvgIpc) is 3.10. The molecule has 0 fully saturated rings. The molecule has 1 aliphatic heterocycles. The van der Waals surface area contributed by atoms with Gasteiger partial charge in [-0.05, 0) is 31.4 Å². The minimum atomic E-state index is 0.243. The van der Waals surface area contributed by atoms with Crippen LogP contribution in [0.1, 0.15) is 24.8 Å². The molecule has 3 aromatic rings. The summed E-state index contributed by atoms with van der Waals surface area (Å²) in [6.07, 6.45) is 2.47. The zero-order valence-corrected chi connectivity index (χ0v) is 13.3. The first-order valence-corrected chi connectivity index (χ1v) is 8.13. The molecule has 22 heavy (non-hydrogen) atoms. The lowest BCUT2D eigenvalue weighted by Gasteiger charge is -2.10. The van der Waals surface area contributed by atoms with Crippen molar-refractivity contribution in [3.05, 3.63) is 35.5 Å². The van der Waals surface area contributed by atoms with Crippen LogP contribution in [0.5, 0.6) is 5.75 Å². The molecule has 0 radical (unpaired) electrons. The second kappa shape index (κ2) is 5.21. The minimum absolute atomic E-state index is 0.243. The highest BCUT2D eigenvalue weighted by molar-refractivity contribution is 7.06. The highest BCUT2D eigenvalue weighted by Gasteiger charge is 2.25. The Labute approximate surface area is 132 Å². The van der Waals surface area contributed by atoms with Crippen molar-refractivity contribution in [1.29, 1.82) is 0 Å².